The van der Waals surface area contributed by atoms with E-state index in [1.165, 1.54) is 51.6 Å². The van der Waals surface area contributed by atoms with Crippen molar-refractivity contribution < 1.29 is 0 Å². The van der Waals surface area contributed by atoms with Gasteiger partial charge in [0.1, 0.15) is 0 Å². The fourth-order valence-corrected chi connectivity index (χ4v) is 3.52. The van der Waals surface area contributed by atoms with Crippen LogP contribution in [0.3, 0.4) is 0 Å². The summed E-state index contributed by atoms with van der Waals surface area (Å²) >= 11 is 0. The molecule has 19 heavy (non-hydrogen) atoms. The van der Waals surface area contributed by atoms with Gasteiger partial charge in [-0.25, -0.2) is 0 Å². The maximum Gasteiger partial charge on any atom is 0.193 e. The number of hydrogen-bond acceptors (Lipinski definition) is 1. The lowest BCUT2D eigenvalue weighted by Crippen LogP contribution is -2.41. The molecule has 1 aliphatic carbocycles. The average Bonchev–Trinajstić information content (AvgIpc) is 2.79. The minimum Gasteiger partial charge on any atom is -0.357 e. The summed E-state index contributed by atoms with van der Waals surface area (Å²) in [5, 5.41) is 3.48. The SMILES string of the molecule is CCNC(=NCC(C)C)N1CCC2(CCCCC2)C1. The van der Waals surface area contributed by atoms with Crippen LogP contribution in [-0.2, 0) is 0 Å². The van der Waals surface area contributed by atoms with Crippen LogP contribution in [0.4, 0.5) is 0 Å². The van der Waals surface area contributed by atoms with Gasteiger partial charge >= 0.3 is 0 Å². The van der Waals surface area contributed by atoms with Crippen LogP contribution in [0, 0.1) is 11.3 Å². The third-order valence-electron chi connectivity index (χ3n) is 4.59. The van der Waals surface area contributed by atoms with E-state index in [9.17, 15) is 0 Å². The van der Waals surface area contributed by atoms with Gasteiger partial charge in [0.25, 0.3) is 0 Å². The van der Waals surface area contributed by atoms with Gasteiger partial charge in [0.2, 0.25) is 0 Å². The van der Waals surface area contributed by atoms with E-state index >= 15 is 0 Å². The quantitative estimate of drug-likeness (QED) is 0.626. The topological polar surface area (TPSA) is 27.6 Å². The summed E-state index contributed by atoms with van der Waals surface area (Å²) < 4.78 is 0. The molecule has 3 nitrogen and oxygen atoms in total. The van der Waals surface area contributed by atoms with Crippen LogP contribution in [0.15, 0.2) is 4.99 Å². The zero-order chi connectivity index (χ0) is 13.7. The van der Waals surface area contributed by atoms with Crippen LogP contribution >= 0.6 is 0 Å². The van der Waals surface area contributed by atoms with E-state index in [2.05, 4.69) is 31.0 Å². The standard InChI is InChI=1S/C16H31N3/c1-4-17-15(18-12-14(2)3)19-11-10-16(13-19)8-6-5-7-9-16/h14H,4-13H2,1-3H3,(H,17,18). The second kappa shape index (κ2) is 6.62. The Hall–Kier alpha value is -0.730. The summed E-state index contributed by atoms with van der Waals surface area (Å²) in [7, 11) is 0. The first-order valence-corrected chi connectivity index (χ1v) is 8.18. The highest BCUT2D eigenvalue weighted by molar-refractivity contribution is 5.80. The van der Waals surface area contributed by atoms with Crippen molar-refractivity contribution in [2.24, 2.45) is 16.3 Å². The number of aliphatic imine (C=N–C) groups is 1. The lowest BCUT2D eigenvalue weighted by molar-refractivity contribution is 0.203. The molecular formula is C16H31N3. The molecule has 0 atom stereocenters. The van der Waals surface area contributed by atoms with Gasteiger partial charge in [0, 0.05) is 26.2 Å². The van der Waals surface area contributed by atoms with Crippen LogP contribution < -0.4 is 5.32 Å². The van der Waals surface area contributed by atoms with Crippen molar-refractivity contribution in [3.63, 3.8) is 0 Å². The largest absolute Gasteiger partial charge is 0.357 e. The first-order valence-electron chi connectivity index (χ1n) is 8.18. The van der Waals surface area contributed by atoms with Gasteiger partial charge in [-0.3, -0.25) is 4.99 Å². The maximum atomic E-state index is 4.80. The predicted molar refractivity (Wildman–Crippen MR) is 82.5 cm³/mol. The summed E-state index contributed by atoms with van der Waals surface area (Å²) in [5.41, 5.74) is 0.617. The summed E-state index contributed by atoms with van der Waals surface area (Å²) in [6, 6.07) is 0. The molecule has 3 heteroatoms. The number of guanidine groups is 1. The molecule has 1 aliphatic heterocycles. The van der Waals surface area contributed by atoms with Crippen LogP contribution in [0.5, 0.6) is 0 Å². The fourth-order valence-electron chi connectivity index (χ4n) is 3.52. The summed E-state index contributed by atoms with van der Waals surface area (Å²) in [5.74, 6) is 1.79. The molecule has 1 saturated heterocycles. The van der Waals surface area contributed by atoms with Crippen molar-refractivity contribution in [1.82, 2.24) is 10.2 Å². The number of nitrogens with one attached hydrogen (secondary N) is 1. The van der Waals surface area contributed by atoms with E-state index in [0.717, 1.165) is 19.0 Å². The Morgan fingerprint density at radius 3 is 2.58 bits per heavy atom. The van der Waals surface area contributed by atoms with Gasteiger partial charge in [0.15, 0.2) is 5.96 Å². The van der Waals surface area contributed by atoms with E-state index in [-0.39, 0.29) is 0 Å². The Labute approximate surface area is 118 Å². The van der Waals surface area contributed by atoms with Crippen molar-refractivity contribution in [1.29, 1.82) is 0 Å². The highest BCUT2D eigenvalue weighted by Crippen LogP contribution is 2.43. The third-order valence-corrected chi connectivity index (χ3v) is 4.59. The summed E-state index contributed by atoms with van der Waals surface area (Å²) in [6.45, 7) is 11.0. The molecule has 0 bridgehead atoms. The van der Waals surface area contributed by atoms with Crippen LogP contribution in [0.2, 0.25) is 0 Å². The van der Waals surface area contributed by atoms with Crippen molar-refractivity contribution in [3.05, 3.63) is 0 Å². The molecule has 0 amide bonds. The number of hydrogen-bond donors (Lipinski definition) is 1. The van der Waals surface area contributed by atoms with E-state index in [4.69, 9.17) is 4.99 Å². The molecule has 1 heterocycles. The molecular weight excluding hydrogens is 234 g/mol. The van der Waals surface area contributed by atoms with Crippen LogP contribution in [-0.4, -0.2) is 37.0 Å². The first-order chi connectivity index (χ1) is 9.15. The van der Waals surface area contributed by atoms with Gasteiger partial charge in [-0.1, -0.05) is 33.1 Å². The van der Waals surface area contributed by atoms with Crippen LogP contribution in [0.25, 0.3) is 0 Å². The molecule has 0 aromatic rings. The molecule has 0 unspecified atom stereocenters. The normalized spacial score (nSPS) is 23.4. The monoisotopic (exact) mass is 265 g/mol. The molecule has 0 aromatic carbocycles. The van der Waals surface area contributed by atoms with Crippen molar-refractivity contribution in [2.45, 2.75) is 59.3 Å². The van der Waals surface area contributed by atoms with Crippen LogP contribution in [0.1, 0.15) is 59.3 Å². The molecule has 2 rings (SSSR count). The van der Waals surface area contributed by atoms with Gasteiger partial charge in [-0.2, -0.15) is 0 Å². The smallest absolute Gasteiger partial charge is 0.193 e. The average molecular weight is 265 g/mol. The maximum absolute atomic E-state index is 4.80. The number of rotatable bonds is 3. The minimum absolute atomic E-state index is 0.617. The van der Waals surface area contributed by atoms with E-state index < -0.39 is 0 Å². The summed E-state index contributed by atoms with van der Waals surface area (Å²) in [6.07, 6.45) is 8.57. The lowest BCUT2D eigenvalue weighted by Gasteiger charge is -2.33. The van der Waals surface area contributed by atoms with Gasteiger partial charge in [0.05, 0.1) is 0 Å². The van der Waals surface area contributed by atoms with Crippen molar-refractivity contribution in [2.75, 3.05) is 26.2 Å². The summed E-state index contributed by atoms with van der Waals surface area (Å²) in [4.78, 5) is 7.32. The molecule has 0 radical (unpaired) electrons. The number of nitrogens with zero attached hydrogens (tertiary/aromatic N) is 2. The van der Waals surface area contributed by atoms with Gasteiger partial charge in [-0.15, -0.1) is 0 Å². The Bertz CT molecular complexity index is 303. The number of likely N-dealkylation sites (tertiary alicyclic amines) is 1. The molecule has 1 N–H and O–H groups in total. The van der Waals surface area contributed by atoms with E-state index in [0.29, 0.717) is 11.3 Å². The molecule has 2 fully saturated rings. The Morgan fingerprint density at radius 2 is 1.95 bits per heavy atom. The second-order valence-electron chi connectivity index (χ2n) is 6.82. The predicted octanol–water partition coefficient (Wildman–Crippen LogP) is 3.26. The molecule has 1 saturated carbocycles. The highest BCUT2D eigenvalue weighted by atomic mass is 15.3. The lowest BCUT2D eigenvalue weighted by atomic mass is 9.73. The molecule has 110 valence electrons. The van der Waals surface area contributed by atoms with E-state index in [1.54, 1.807) is 0 Å². The Kier molecular flexibility index (Phi) is 5.12. The fraction of sp³-hybridized carbons (Fsp3) is 0.938. The van der Waals surface area contributed by atoms with Crippen molar-refractivity contribution in [3.8, 4) is 0 Å². The minimum atomic E-state index is 0.617. The third kappa shape index (κ3) is 3.87. The zero-order valence-electron chi connectivity index (χ0n) is 13.0. The van der Waals surface area contributed by atoms with Gasteiger partial charge < -0.3 is 10.2 Å². The highest BCUT2D eigenvalue weighted by Gasteiger charge is 2.39. The Morgan fingerprint density at radius 1 is 1.21 bits per heavy atom. The Balaban J connectivity index is 1.97. The molecule has 0 aromatic heterocycles. The molecule has 2 aliphatic rings. The second-order valence-corrected chi connectivity index (χ2v) is 6.82. The zero-order valence-corrected chi connectivity index (χ0v) is 13.0. The van der Waals surface area contributed by atoms with Crippen molar-refractivity contribution >= 4 is 5.96 Å². The van der Waals surface area contributed by atoms with E-state index in [1.807, 2.05) is 0 Å². The first kappa shape index (κ1) is 14.7. The molecule has 1 spiro atoms. The van der Waals surface area contributed by atoms with Gasteiger partial charge in [-0.05, 0) is 37.5 Å².